The topological polar surface area (TPSA) is 80.0 Å². The highest BCUT2D eigenvalue weighted by Crippen LogP contribution is 2.24. The lowest BCUT2D eigenvalue weighted by Crippen LogP contribution is -2.38. The normalized spacial score (nSPS) is 13.5. The molecule has 0 radical (unpaired) electrons. The summed E-state index contributed by atoms with van der Waals surface area (Å²) in [5, 5.41) is 19.4. The number of carbonyl (C=O) groups is 1. The zero-order chi connectivity index (χ0) is 17.2. The Labute approximate surface area is 143 Å². The van der Waals surface area contributed by atoms with Crippen molar-refractivity contribution in [3.63, 3.8) is 0 Å². The van der Waals surface area contributed by atoms with E-state index in [0.717, 1.165) is 4.88 Å². The van der Waals surface area contributed by atoms with E-state index < -0.39 is 5.60 Å². The molecular formula is C17H18N4O2S. The van der Waals surface area contributed by atoms with Gasteiger partial charge in [-0.1, -0.05) is 12.1 Å². The standard InChI is InChI=1S/C17H18N4O2S/c1-12-13(10-20-21(12)15-7-3-4-8-18-15)16(22)19-11-17(2,23)14-6-5-9-24-14/h3-10,23H,11H2,1-2H3,(H,19,22). The van der Waals surface area contributed by atoms with Crippen molar-refractivity contribution in [1.29, 1.82) is 0 Å². The van der Waals surface area contributed by atoms with E-state index in [1.807, 2.05) is 42.6 Å². The summed E-state index contributed by atoms with van der Waals surface area (Å²) in [6, 6.07) is 9.23. The Balaban J connectivity index is 1.74. The maximum atomic E-state index is 12.4. The molecule has 3 aromatic heterocycles. The number of hydrogen-bond acceptors (Lipinski definition) is 5. The fourth-order valence-corrected chi connectivity index (χ4v) is 3.15. The van der Waals surface area contributed by atoms with E-state index in [2.05, 4.69) is 15.4 Å². The van der Waals surface area contributed by atoms with Crippen LogP contribution in [0.1, 0.15) is 27.9 Å². The van der Waals surface area contributed by atoms with Crippen molar-refractivity contribution < 1.29 is 9.90 Å². The van der Waals surface area contributed by atoms with Gasteiger partial charge in [-0.2, -0.15) is 5.10 Å². The van der Waals surface area contributed by atoms with Gasteiger partial charge in [0.25, 0.3) is 5.91 Å². The van der Waals surface area contributed by atoms with E-state index in [1.54, 1.807) is 17.8 Å². The van der Waals surface area contributed by atoms with Gasteiger partial charge in [-0.05, 0) is 37.4 Å². The van der Waals surface area contributed by atoms with E-state index in [0.29, 0.717) is 17.1 Å². The van der Waals surface area contributed by atoms with Crippen LogP contribution in [0.4, 0.5) is 0 Å². The molecule has 0 bridgehead atoms. The molecule has 2 N–H and O–H groups in total. The van der Waals surface area contributed by atoms with Crippen LogP contribution in [-0.2, 0) is 5.60 Å². The van der Waals surface area contributed by atoms with E-state index in [4.69, 9.17) is 0 Å². The van der Waals surface area contributed by atoms with Crippen LogP contribution < -0.4 is 5.32 Å². The molecule has 0 saturated carbocycles. The summed E-state index contributed by atoms with van der Waals surface area (Å²) in [7, 11) is 0. The second kappa shape index (κ2) is 6.54. The summed E-state index contributed by atoms with van der Waals surface area (Å²) in [5.41, 5.74) is 0.0546. The molecule has 1 amide bonds. The SMILES string of the molecule is Cc1c(C(=O)NCC(C)(O)c2cccs2)cnn1-c1ccccn1. The number of nitrogens with zero attached hydrogens (tertiary/aromatic N) is 3. The molecule has 3 aromatic rings. The predicted octanol–water partition coefficient (Wildman–Crippen LogP) is 2.27. The van der Waals surface area contributed by atoms with Gasteiger partial charge in [0.15, 0.2) is 5.82 Å². The van der Waals surface area contributed by atoms with Crippen molar-refractivity contribution in [3.8, 4) is 5.82 Å². The molecule has 0 spiro atoms. The molecule has 24 heavy (non-hydrogen) atoms. The maximum absolute atomic E-state index is 12.4. The number of nitrogens with one attached hydrogen (secondary N) is 1. The minimum atomic E-state index is -1.10. The Morgan fingerprint density at radius 2 is 2.21 bits per heavy atom. The molecule has 0 aliphatic carbocycles. The Kier molecular flexibility index (Phi) is 4.46. The third kappa shape index (κ3) is 3.22. The third-order valence-corrected chi connectivity index (χ3v) is 4.89. The molecule has 3 rings (SSSR count). The van der Waals surface area contributed by atoms with Gasteiger partial charge >= 0.3 is 0 Å². The number of thiophene rings is 1. The maximum Gasteiger partial charge on any atom is 0.254 e. The third-order valence-electron chi connectivity index (χ3n) is 3.77. The number of pyridine rings is 1. The predicted molar refractivity (Wildman–Crippen MR) is 92.3 cm³/mol. The molecule has 3 heterocycles. The second-order valence-electron chi connectivity index (χ2n) is 5.68. The van der Waals surface area contributed by atoms with Gasteiger partial charge in [0.05, 0.1) is 24.0 Å². The first-order valence-electron chi connectivity index (χ1n) is 7.49. The van der Waals surface area contributed by atoms with Crippen molar-refractivity contribution in [3.05, 3.63) is 64.2 Å². The summed E-state index contributed by atoms with van der Waals surface area (Å²) >= 11 is 1.46. The first-order chi connectivity index (χ1) is 11.5. The van der Waals surface area contributed by atoms with Crippen LogP contribution in [0.15, 0.2) is 48.1 Å². The van der Waals surface area contributed by atoms with Crippen molar-refractivity contribution >= 4 is 17.2 Å². The average molecular weight is 342 g/mol. The first-order valence-corrected chi connectivity index (χ1v) is 8.37. The van der Waals surface area contributed by atoms with Gasteiger partial charge in [0.2, 0.25) is 0 Å². The van der Waals surface area contributed by atoms with E-state index in [1.165, 1.54) is 17.5 Å². The van der Waals surface area contributed by atoms with E-state index in [9.17, 15) is 9.90 Å². The van der Waals surface area contributed by atoms with Crippen molar-refractivity contribution in [2.45, 2.75) is 19.4 Å². The molecule has 1 unspecified atom stereocenters. The minimum absolute atomic E-state index is 0.126. The molecule has 0 aliphatic rings. The van der Waals surface area contributed by atoms with E-state index >= 15 is 0 Å². The fraction of sp³-hybridized carbons (Fsp3) is 0.235. The Bertz CT molecular complexity index is 826. The monoisotopic (exact) mass is 342 g/mol. The molecule has 124 valence electrons. The smallest absolute Gasteiger partial charge is 0.254 e. The largest absolute Gasteiger partial charge is 0.383 e. The fourth-order valence-electron chi connectivity index (χ4n) is 2.36. The molecule has 0 fully saturated rings. The summed E-state index contributed by atoms with van der Waals surface area (Å²) in [6.07, 6.45) is 3.19. The van der Waals surface area contributed by atoms with Gasteiger partial charge in [0, 0.05) is 11.1 Å². The van der Waals surface area contributed by atoms with Crippen LogP contribution in [0.25, 0.3) is 5.82 Å². The average Bonchev–Trinajstić information content (AvgIpc) is 3.24. The molecule has 6 nitrogen and oxygen atoms in total. The molecular weight excluding hydrogens is 324 g/mol. The Morgan fingerprint density at radius 1 is 1.38 bits per heavy atom. The quantitative estimate of drug-likeness (QED) is 0.745. The summed E-state index contributed by atoms with van der Waals surface area (Å²) < 4.78 is 1.62. The lowest BCUT2D eigenvalue weighted by atomic mass is 10.1. The number of carbonyl (C=O) groups excluding carboxylic acids is 1. The van der Waals surface area contributed by atoms with Crippen LogP contribution in [-0.4, -0.2) is 32.3 Å². The minimum Gasteiger partial charge on any atom is -0.383 e. The summed E-state index contributed by atoms with van der Waals surface area (Å²) in [6.45, 7) is 3.62. The molecule has 1 atom stereocenters. The van der Waals surface area contributed by atoms with Gasteiger partial charge in [-0.15, -0.1) is 11.3 Å². The number of amides is 1. The lowest BCUT2D eigenvalue weighted by molar-refractivity contribution is 0.0556. The van der Waals surface area contributed by atoms with Crippen LogP contribution in [0, 0.1) is 6.92 Å². The van der Waals surface area contributed by atoms with Crippen LogP contribution in [0.2, 0.25) is 0 Å². The van der Waals surface area contributed by atoms with Gasteiger partial charge in [-0.3, -0.25) is 4.79 Å². The molecule has 0 aromatic carbocycles. The van der Waals surface area contributed by atoms with Crippen LogP contribution in [0.5, 0.6) is 0 Å². The summed E-state index contributed by atoms with van der Waals surface area (Å²) in [4.78, 5) is 17.5. The number of hydrogen-bond donors (Lipinski definition) is 2. The number of aromatic nitrogens is 3. The van der Waals surface area contributed by atoms with Crippen molar-refractivity contribution in [2.24, 2.45) is 0 Å². The zero-order valence-corrected chi connectivity index (χ0v) is 14.2. The van der Waals surface area contributed by atoms with Crippen LogP contribution in [0.3, 0.4) is 0 Å². The first kappa shape index (κ1) is 16.4. The van der Waals surface area contributed by atoms with Gasteiger partial charge in [0.1, 0.15) is 5.60 Å². The lowest BCUT2D eigenvalue weighted by Gasteiger charge is -2.22. The van der Waals surface area contributed by atoms with Gasteiger partial charge in [-0.25, -0.2) is 9.67 Å². The highest BCUT2D eigenvalue weighted by atomic mass is 32.1. The molecule has 0 aliphatic heterocycles. The van der Waals surface area contributed by atoms with Crippen LogP contribution >= 0.6 is 11.3 Å². The number of aliphatic hydroxyl groups is 1. The Hall–Kier alpha value is -2.51. The van der Waals surface area contributed by atoms with Gasteiger partial charge < -0.3 is 10.4 Å². The molecule has 7 heteroatoms. The van der Waals surface area contributed by atoms with Crippen molar-refractivity contribution in [2.75, 3.05) is 6.54 Å². The number of rotatable bonds is 5. The zero-order valence-electron chi connectivity index (χ0n) is 13.4. The molecule has 0 saturated heterocycles. The highest BCUT2D eigenvalue weighted by molar-refractivity contribution is 7.10. The summed E-state index contributed by atoms with van der Waals surface area (Å²) in [5.74, 6) is 0.381. The second-order valence-corrected chi connectivity index (χ2v) is 6.62. The van der Waals surface area contributed by atoms with E-state index in [-0.39, 0.29) is 12.5 Å². The van der Waals surface area contributed by atoms with Crippen molar-refractivity contribution in [1.82, 2.24) is 20.1 Å². The Morgan fingerprint density at radius 3 is 2.88 bits per heavy atom. The highest BCUT2D eigenvalue weighted by Gasteiger charge is 2.26.